The van der Waals surface area contributed by atoms with Gasteiger partial charge < -0.3 is 14.7 Å². The van der Waals surface area contributed by atoms with Crippen LogP contribution in [-0.4, -0.2) is 58.2 Å². The first-order valence-electron chi connectivity index (χ1n) is 10.1. The standard InChI is InChI=1S/C22H26N2O5S/c1-3-8-16-11-15(12-17(20(16)26)29-4-2)13-18-21(27)24(22(28)30-18)14-19(25)23-9-6-5-7-10-23/h3,11-13,26H,1,4-10,14H2,2H3/b18-13-. The Morgan fingerprint density at radius 3 is 2.67 bits per heavy atom. The number of hydrogen-bond acceptors (Lipinski definition) is 6. The number of carbonyl (C=O) groups is 3. The Morgan fingerprint density at radius 2 is 2.00 bits per heavy atom. The van der Waals surface area contributed by atoms with E-state index < -0.39 is 11.1 Å². The van der Waals surface area contributed by atoms with Crippen LogP contribution in [0.3, 0.4) is 0 Å². The summed E-state index contributed by atoms with van der Waals surface area (Å²) < 4.78 is 5.48. The summed E-state index contributed by atoms with van der Waals surface area (Å²) in [6.07, 6.45) is 6.67. The monoisotopic (exact) mass is 430 g/mol. The van der Waals surface area contributed by atoms with E-state index in [9.17, 15) is 19.5 Å². The number of thioether (sulfide) groups is 1. The maximum absolute atomic E-state index is 12.8. The smallest absolute Gasteiger partial charge is 0.294 e. The second-order valence-electron chi connectivity index (χ2n) is 7.16. The number of rotatable bonds is 7. The highest BCUT2D eigenvalue weighted by Crippen LogP contribution is 2.36. The van der Waals surface area contributed by atoms with Crippen molar-refractivity contribution < 1.29 is 24.2 Å². The van der Waals surface area contributed by atoms with E-state index in [2.05, 4.69) is 6.58 Å². The molecule has 3 rings (SSSR count). The number of likely N-dealkylation sites (tertiary alicyclic amines) is 1. The third kappa shape index (κ3) is 4.87. The molecule has 0 atom stereocenters. The van der Waals surface area contributed by atoms with Gasteiger partial charge in [0.05, 0.1) is 11.5 Å². The van der Waals surface area contributed by atoms with Crippen molar-refractivity contribution in [2.75, 3.05) is 26.2 Å². The zero-order valence-electron chi connectivity index (χ0n) is 17.1. The lowest BCUT2D eigenvalue weighted by Crippen LogP contribution is -2.44. The number of carbonyl (C=O) groups excluding carboxylic acids is 3. The van der Waals surface area contributed by atoms with Crippen LogP contribution in [0.25, 0.3) is 6.08 Å². The van der Waals surface area contributed by atoms with Gasteiger partial charge in [0.15, 0.2) is 11.5 Å². The molecule has 1 aromatic carbocycles. The van der Waals surface area contributed by atoms with Gasteiger partial charge in [-0.25, -0.2) is 0 Å². The highest BCUT2D eigenvalue weighted by atomic mass is 32.2. The highest BCUT2D eigenvalue weighted by molar-refractivity contribution is 8.18. The minimum Gasteiger partial charge on any atom is -0.504 e. The minimum absolute atomic E-state index is 0.0362. The second kappa shape index (κ2) is 9.84. The molecule has 1 N–H and O–H groups in total. The highest BCUT2D eigenvalue weighted by Gasteiger charge is 2.37. The lowest BCUT2D eigenvalue weighted by molar-refractivity contribution is -0.136. The number of amides is 3. The van der Waals surface area contributed by atoms with Gasteiger partial charge in [-0.05, 0) is 68.1 Å². The largest absolute Gasteiger partial charge is 0.504 e. The SMILES string of the molecule is C=CCc1cc(/C=C2\SC(=O)N(CC(=O)N3CCCCC3)C2=O)cc(OCC)c1O. The van der Waals surface area contributed by atoms with Crippen LogP contribution in [0.2, 0.25) is 0 Å². The van der Waals surface area contributed by atoms with Crippen molar-refractivity contribution in [1.29, 1.82) is 0 Å². The van der Waals surface area contributed by atoms with Crippen molar-refractivity contribution in [2.45, 2.75) is 32.6 Å². The van der Waals surface area contributed by atoms with E-state index in [4.69, 9.17) is 4.74 Å². The van der Waals surface area contributed by atoms with E-state index in [-0.39, 0.29) is 23.1 Å². The molecular weight excluding hydrogens is 404 g/mol. The van der Waals surface area contributed by atoms with Crippen molar-refractivity contribution in [3.8, 4) is 11.5 Å². The summed E-state index contributed by atoms with van der Waals surface area (Å²) >= 11 is 0.812. The molecule has 2 heterocycles. The average molecular weight is 431 g/mol. The molecule has 8 heteroatoms. The molecule has 0 radical (unpaired) electrons. The van der Waals surface area contributed by atoms with Crippen molar-refractivity contribution in [1.82, 2.24) is 9.80 Å². The van der Waals surface area contributed by atoms with Gasteiger partial charge in [0.25, 0.3) is 11.1 Å². The Labute approximate surface area is 180 Å². The third-order valence-corrected chi connectivity index (χ3v) is 5.92. The topological polar surface area (TPSA) is 87.2 Å². The van der Waals surface area contributed by atoms with Gasteiger partial charge in [0.1, 0.15) is 6.54 Å². The molecule has 1 aromatic rings. The predicted octanol–water partition coefficient (Wildman–Crippen LogP) is 3.57. The first-order valence-corrected chi connectivity index (χ1v) is 10.9. The molecule has 2 aliphatic heterocycles. The zero-order chi connectivity index (χ0) is 21.7. The zero-order valence-corrected chi connectivity index (χ0v) is 17.9. The van der Waals surface area contributed by atoms with Gasteiger partial charge in [-0.1, -0.05) is 6.08 Å². The summed E-state index contributed by atoms with van der Waals surface area (Å²) in [4.78, 5) is 40.6. The fraction of sp³-hybridized carbons (Fsp3) is 0.409. The van der Waals surface area contributed by atoms with Crippen molar-refractivity contribution in [3.63, 3.8) is 0 Å². The Bertz CT molecular complexity index is 890. The summed E-state index contributed by atoms with van der Waals surface area (Å²) in [5, 5.41) is 9.87. The Hall–Kier alpha value is -2.74. The van der Waals surface area contributed by atoms with Crippen LogP contribution in [-0.2, 0) is 16.0 Å². The number of phenolic OH excluding ortho intramolecular Hbond substituents is 1. The fourth-order valence-corrected chi connectivity index (χ4v) is 4.35. The number of ether oxygens (including phenoxy) is 1. The maximum Gasteiger partial charge on any atom is 0.294 e. The molecule has 0 saturated carbocycles. The van der Waals surface area contributed by atoms with Crippen LogP contribution in [0, 0.1) is 0 Å². The van der Waals surface area contributed by atoms with Gasteiger partial charge in [-0.3, -0.25) is 19.3 Å². The fourth-order valence-electron chi connectivity index (χ4n) is 3.52. The van der Waals surface area contributed by atoms with Gasteiger partial charge in [-0.15, -0.1) is 6.58 Å². The van der Waals surface area contributed by atoms with E-state index in [0.29, 0.717) is 43.0 Å². The number of allylic oxidation sites excluding steroid dienone is 1. The molecule has 0 unspecified atom stereocenters. The first kappa shape index (κ1) is 22.0. The van der Waals surface area contributed by atoms with Crippen LogP contribution >= 0.6 is 11.8 Å². The van der Waals surface area contributed by atoms with Crippen LogP contribution in [0.15, 0.2) is 29.7 Å². The number of nitrogens with zero attached hydrogens (tertiary/aromatic N) is 2. The molecule has 0 aliphatic carbocycles. The van der Waals surface area contributed by atoms with E-state index in [0.717, 1.165) is 35.9 Å². The molecular formula is C22H26N2O5S. The lowest BCUT2D eigenvalue weighted by Gasteiger charge is -2.27. The van der Waals surface area contributed by atoms with E-state index >= 15 is 0 Å². The van der Waals surface area contributed by atoms with Crippen LogP contribution < -0.4 is 4.74 Å². The van der Waals surface area contributed by atoms with Crippen LogP contribution in [0.1, 0.15) is 37.3 Å². The van der Waals surface area contributed by atoms with Gasteiger partial charge >= 0.3 is 0 Å². The number of benzene rings is 1. The van der Waals surface area contributed by atoms with Crippen molar-refractivity contribution in [3.05, 3.63) is 40.8 Å². The molecule has 3 amide bonds. The second-order valence-corrected chi connectivity index (χ2v) is 8.16. The van der Waals surface area contributed by atoms with E-state index in [1.165, 1.54) is 0 Å². The Kier molecular flexibility index (Phi) is 7.20. The predicted molar refractivity (Wildman–Crippen MR) is 116 cm³/mol. The maximum atomic E-state index is 12.8. The van der Waals surface area contributed by atoms with Gasteiger partial charge in [0.2, 0.25) is 5.91 Å². The molecule has 0 bridgehead atoms. The Balaban J connectivity index is 1.80. The molecule has 30 heavy (non-hydrogen) atoms. The summed E-state index contributed by atoms with van der Waals surface area (Å²) in [7, 11) is 0. The number of piperidine rings is 1. The molecule has 2 fully saturated rings. The van der Waals surface area contributed by atoms with Crippen molar-refractivity contribution >= 4 is 34.9 Å². The lowest BCUT2D eigenvalue weighted by atomic mass is 10.1. The van der Waals surface area contributed by atoms with Crippen LogP contribution in [0.5, 0.6) is 11.5 Å². The quantitative estimate of drug-likeness (QED) is 0.526. The molecule has 0 spiro atoms. The van der Waals surface area contributed by atoms with Gasteiger partial charge in [0, 0.05) is 18.7 Å². The average Bonchev–Trinajstić information content (AvgIpc) is 2.99. The van der Waals surface area contributed by atoms with Crippen LogP contribution in [0.4, 0.5) is 4.79 Å². The number of aromatic hydroxyl groups is 1. The number of imide groups is 1. The summed E-state index contributed by atoms with van der Waals surface area (Å²) in [6, 6.07) is 3.35. The molecule has 2 aliphatic rings. The van der Waals surface area contributed by atoms with Crippen molar-refractivity contribution in [2.24, 2.45) is 0 Å². The molecule has 2 saturated heterocycles. The number of hydrogen-bond donors (Lipinski definition) is 1. The molecule has 7 nitrogen and oxygen atoms in total. The summed E-state index contributed by atoms with van der Waals surface area (Å²) in [5.74, 6) is -0.335. The summed E-state index contributed by atoms with van der Waals surface area (Å²) in [5.41, 5.74) is 1.24. The normalized spacial score (nSPS) is 18.2. The number of phenols is 1. The Morgan fingerprint density at radius 1 is 1.27 bits per heavy atom. The minimum atomic E-state index is -0.480. The molecule has 160 valence electrons. The van der Waals surface area contributed by atoms with E-state index in [1.54, 1.807) is 29.2 Å². The van der Waals surface area contributed by atoms with Gasteiger partial charge in [-0.2, -0.15) is 0 Å². The van der Waals surface area contributed by atoms with E-state index in [1.807, 2.05) is 6.92 Å². The first-order chi connectivity index (χ1) is 14.4. The molecule has 0 aromatic heterocycles. The summed E-state index contributed by atoms with van der Waals surface area (Å²) in [6.45, 7) is 6.99. The third-order valence-electron chi connectivity index (χ3n) is 5.01.